The van der Waals surface area contributed by atoms with E-state index in [0.29, 0.717) is 0 Å². The van der Waals surface area contributed by atoms with Crippen molar-refractivity contribution in [2.45, 2.75) is 5.41 Å². The first-order valence-corrected chi connectivity index (χ1v) is 24.2. The highest BCUT2D eigenvalue weighted by Gasteiger charge is 2.53. The van der Waals surface area contributed by atoms with Gasteiger partial charge in [-0.15, -0.1) is 0 Å². The van der Waals surface area contributed by atoms with E-state index < -0.39 is 5.41 Å². The average molecular weight is 891 g/mol. The fraction of sp³-hybridized carbons (Fsp3) is 0.0149. The van der Waals surface area contributed by atoms with Crippen molar-refractivity contribution in [1.82, 2.24) is 4.57 Å². The van der Waals surface area contributed by atoms with E-state index in [9.17, 15) is 0 Å². The van der Waals surface area contributed by atoms with Gasteiger partial charge in [-0.1, -0.05) is 182 Å². The van der Waals surface area contributed by atoms with E-state index in [1.807, 2.05) is 12.1 Å². The zero-order chi connectivity index (χ0) is 45.9. The fourth-order valence-electron chi connectivity index (χ4n) is 12.4. The molecule has 3 heteroatoms. The summed E-state index contributed by atoms with van der Waals surface area (Å²) in [6, 6.07) is 93.6. The van der Waals surface area contributed by atoms with E-state index in [-0.39, 0.29) is 0 Å². The van der Waals surface area contributed by atoms with Crippen molar-refractivity contribution in [2.24, 2.45) is 0 Å². The molecular weight excluding hydrogens is 849 g/mol. The number of furan rings is 1. The van der Waals surface area contributed by atoms with E-state index in [1.165, 1.54) is 77.4 Å². The van der Waals surface area contributed by atoms with Crippen molar-refractivity contribution in [1.29, 1.82) is 0 Å². The lowest BCUT2D eigenvalue weighted by Gasteiger charge is -2.36. The quantitative estimate of drug-likeness (QED) is 0.166. The second kappa shape index (κ2) is 14.9. The third-order valence-corrected chi connectivity index (χ3v) is 15.2. The van der Waals surface area contributed by atoms with Gasteiger partial charge >= 0.3 is 0 Å². The smallest absolute Gasteiger partial charge is 0.136 e. The molecule has 0 atom stereocenters. The Morgan fingerprint density at radius 1 is 0.343 bits per heavy atom. The molecule has 0 fully saturated rings. The van der Waals surface area contributed by atoms with Gasteiger partial charge in [0.05, 0.1) is 22.1 Å². The van der Waals surface area contributed by atoms with Crippen molar-refractivity contribution in [2.75, 3.05) is 4.90 Å². The second-order valence-electron chi connectivity index (χ2n) is 18.7. The molecule has 70 heavy (non-hydrogen) atoms. The van der Waals surface area contributed by atoms with Crippen LogP contribution in [0.4, 0.5) is 17.1 Å². The fourth-order valence-corrected chi connectivity index (χ4v) is 12.4. The van der Waals surface area contributed by atoms with Crippen molar-refractivity contribution in [3.63, 3.8) is 0 Å². The molecule has 326 valence electrons. The maximum absolute atomic E-state index is 6.36. The summed E-state index contributed by atoms with van der Waals surface area (Å²) in [5, 5.41) is 4.76. The highest BCUT2D eigenvalue weighted by molar-refractivity contribution is 6.16. The Bertz CT molecular complexity index is 4170. The molecule has 0 saturated heterocycles. The van der Waals surface area contributed by atoms with Crippen LogP contribution < -0.4 is 4.90 Å². The molecule has 13 aromatic rings. The van der Waals surface area contributed by atoms with Gasteiger partial charge in [0.1, 0.15) is 11.2 Å². The summed E-state index contributed by atoms with van der Waals surface area (Å²) >= 11 is 0. The van der Waals surface area contributed by atoms with Crippen LogP contribution in [0.15, 0.2) is 259 Å². The molecule has 1 spiro atoms. The number of fused-ring (bicyclic) bond motifs is 16. The number of nitrogens with zero attached hydrogens (tertiary/aromatic N) is 2. The summed E-state index contributed by atoms with van der Waals surface area (Å²) in [4.78, 5) is 2.49. The minimum atomic E-state index is -0.529. The average Bonchev–Trinajstić information content (AvgIpc) is 4.15. The molecule has 2 aromatic heterocycles. The van der Waals surface area contributed by atoms with Gasteiger partial charge in [0.15, 0.2) is 0 Å². The molecule has 3 nitrogen and oxygen atoms in total. The van der Waals surface area contributed by atoms with Crippen molar-refractivity contribution in [3.8, 4) is 50.2 Å². The number of aromatic nitrogens is 1. The van der Waals surface area contributed by atoms with Crippen LogP contribution in [0.5, 0.6) is 0 Å². The van der Waals surface area contributed by atoms with Crippen LogP contribution in [0.25, 0.3) is 93.9 Å². The van der Waals surface area contributed by atoms with Crippen molar-refractivity contribution < 1.29 is 4.42 Å². The minimum Gasteiger partial charge on any atom is -0.456 e. The van der Waals surface area contributed by atoms with E-state index in [0.717, 1.165) is 55.8 Å². The molecule has 0 bridgehead atoms. The van der Waals surface area contributed by atoms with Crippen LogP contribution >= 0.6 is 0 Å². The molecule has 0 aliphatic heterocycles. The Morgan fingerprint density at radius 3 is 1.57 bits per heavy atom. The number of para-hydroxylation sites is 3. The Hall–Kier alpha value is -9.18. The van der Waals surface area contributed by atoms with Crippen molar-refractivity contribution >= 4 is 60.8 Å². The maximum Gasteiger partial charge on any atom is 0.136 e. The summed E-state index contributed by atoms with van der Waals surface area (Å²) in [6.45, 7) is 0. The summed E-state index contributed by atoms with van der Waals surface area (Å²) in [7, 11) is 0. The summed E-state index contributed by atoms with van der Waals surface area (Å²) in [6.07, 6.45) is 0. The Labute approximate surface area is 405 Å². The lowest BCUT2D eigenvalue weighted by molar-refractivity contribution is 0.669. The molecule has 2 heterocycles. The summed E-state index contributed by atoms with van der Waals surface area (Å²) in [5.74, 6) is 0. The molecule has 15 rings (SSSR count). The Morgan fingerprint density at radius 2 is 0.857 bits per heavy atom. The molecule has 2 aliphatic rings. The molecule has 2 aliphatic carbocycles. The summed E-state index contributed by atoms with van der Waals surface area (Å²) in [5.41, 5.74) is 23.1. The third-order valence-electron chi connectivity index (χ3n) is 15.2. The van der Waals surface area contributed by atoms with Gasteiger partial charge < -0.3 is 13.9 Å². The van der Waals surface area contributed by atoms with Gasteiger partial charge in [-0.05, 0) is 134 Å². The normalized spacial score (nSPS) is 13.0. The Kier molecular flexibility index (Phi) is 8.28. The lowest BCUT2D eigenvalue weighted by atomic mass is 9.70. The topological polar surface area (TPSA) is 21.3 Å². The molecule has 0 unspecified atom stereocenters. The first-order valence-electron chi connectivity index (χ1n) is 24.2. The van der Waals surface area contributed by atoms with E-state index in [4.69, 9.17) is 4.42 Å². The zero-order valence-electron chi connectivity index (χ0n) is 38.1. The largest absolute Gasteiger partial charge is 0.456 e. The first kappa shape index (κ1) is 38.9. The number of rotatable bonds is 6. The predicted octanol–water partition coefficient (Wildman–Crippen LogP) is 17.8. The van der Waals surface area contributed by atoms with Crippen LogP contribution in [0.1, 0.15) is 22.3 Å². The second-order valence-corrected chi connectivity index (χ2v) is 18.7. The molecule has 11 aromatic carbocycles. The first-order chi connectivity index (χ1) is 34.7. The van der Waals surface area contributed by atoms with Crippen LogP contribution in [0.2, 0.25) is 0 Å². The number of anilines is 3. The van der Waals surface area contributed by atoms with Gasteiger partial charge in [0, 0.05) is 44.2 Å². The predicted molar refractivity (Wildman–Crippen MR) is 290 cm³/mol. The van der Waals surface area contributed by atoms with Crippen LogP contribution in [0, 0.1) is 0 Å². The van der Waals surface area contributed by atoms with Gasteiger partial charge in [-0.2, -0.15) is 0 Å². The SMILES string of the molecule is c1ccc(-n2c3ccccc3c3c(-c4ccc(N(c5ccc(-c6ccc7c(c6)oc6ccccc67)cc5)c5cccc6c5C5(c7ccccc7-c7ccccc75)c5ccccc5-6)cc4)cccc32)cc1. The van der Waals surface area contributed by atoms with E-state index in [2.05, 4.69) is 252 Å². The third kappa shape index (κ3) is 5.40. The van der Waals surface area contributed by atoms with Crippen LogP contribution in [0.3, 0.4) is 0 Å². The highest BCUT2D eigenvalue weighted by Crippen LogP contribution is 2.65. The summed E-state index contributed by atoms with van der Waals surface area (Å²) < 4.78 is 8.75. The standard InChI is InChI=1S/C67H42N2O/c1-2-16-46(17-3-1)69-60-28-12-7-22-56(60)65-49(23-14-29-61(65)69)44-34-39-48(40-35-44)68(47-37-32-43(33-38-47)45-36-41-54-53-21-8-13-31-63(53)70-64(54)42-45)62-30-15-24-55-52-20-6-11-27-59(52)67(66(55)62)57-25-9-4-18-50(57)51-19-5-10-26-58(51)67/h1-42H. The van der Waals surface area contributed by atoms with Crippen molar-refractivity contribution in [3.05, 3.63) is 277 Å². The number of hydrogen-bond acceptors (Lipinski definition) is 2. The number of hydrogen-bond donors (Lipinski definition) is 0. The van der Waals surface area contributed by atoms with Gasteiger partial charge in [0.2, 0.25) is 0 Å². The Balaban J connectivity index is 0.935. The molecule has 0 saturated carbocycles. The van der Waals surface area contributed by atoms with E-state index in [1.54, 1.807) is 0 Å². The minimum absolute atomic E-state index is 0.529. The zero-order valence-corrected chi connectivity index (χ0v) is 38.1. The van der Waals surface area contributed by atoms with Crippen LogP contribution in [-0.4, -0.2) is 4.57 Å². The van der Waals surface area contributed by atoms with Crippen LogP contribution in [-0.2, 0) is 5.41 Å². The number of benzene rings is 11. The lowest BCUT2D eigenvalue weighted by Crippen LogP contribution is -2.28. The van der Waals surface area contributed by atoms with Gasteiger partial charge in [-0.25, -0.2) is 0 Å². The molecule has 0 N–H and O–H groups in total. The highest BCUT2D eigenvalue weighted by atomic mass is 16.3. The van der Waals surface area contributed by atoms with Gasteiger partial charge in [0.25, 0.3) is 0 Å². The molecular formula is C67H42N2O. The molecule has 0 radical (unpaired) electrons. The van der Waals surface area contributed by atoms with E-state index >= 15 is 0 Å². The molecule has 0 amide bonds. The monoisotopic (exact) mass is 890 g/mol. The maximum atomic E-state index is 6.36. The van der Waals surface area contributed by atoms with Gasteiger partial charge in [-0.3, -0.25) is 0 Å².